The summed E-state index contributed by atoms with van der Waals surface area (Å²) in [5.41, 5.74) is 2.11. The molecule has 0 saturated heterocycles. The van der Waals surface area contributed by atoms with E-state index in [9.17, 15) is 9.50 Å². The van der Waals surface area contributed by atoms with Crippen LogP contribution in [0, 0.1) is 5.82 Å². The Labute approximate surface area is 186 Å². The fraction of sp³-hybridized carbons (Fsp3) is 0.304. The van der Waals surface area contributed by atoms with Crippen molar-refractivity contribution in [3.8, 4) is 23.1 Å². The summed E-state index contributed by atoms with van der Waals surface area (Å²) in [5, 5.41) is 17.5. The summed E-state index contributed by atoms with van der Waals surface area (Å²) < 4.78 is 31.2. The van der Waals surface area contributed by atoms with Gasteiger partial charge in [-0.3, -0.25) is 0 Å². The van der Waals surface area contributed by atoms with Crippen molar-refractivity contribution >= 4 is 5.69 Å². The number of ether oxygens (including phenoxy) is 3. The number of aromatic nitrogens is 3. The summed E-state index contributed by atoms with van der Waals surface area (Å²) in [5.74, 6) is 0.0847. The number of anilines is 1. The normalized spacial score (nSPS) is 11.8. The highest BCUT2D eigenvalue weighted by Crippen LogP contribution is 2.25. The minimum atomic E-state index is -0.642. The van der Waals surface area contributed by atoms with Crippen LogP contribution in [0.15, 0.2) is 61.2 Å². The van der Waals surface area contributed by atoms with Crippen molar-refractivity contribution in [1.82, 2.24) is 14.8 Å². The summed E-state index contributed by atoms with van der Waals surface area (Å²) in [4.78, 5) is 4.43. The first-order valence-electron chi connectivity index (χ1n) is 10.2. The molecule has 1 heterocycles. The molecule has 2 aromatic carbocycles. The van der Waals surface area contributed by atoms with E-state index in [1.165, 1.54) is 12.1 Å². The van der Waals surface area contributed by atoms with Crippen LogP contribution in [0.5, 0.6) is 6.01 Å². The fourth-order valence-electron chi connectivity index (χ4n) is 2.87. The molecule has 1 atom stereocenters. The third-order valence-electron chi connectivity index (χ3n) is 4.39. The predicted molar refractivity (Wildman–Crippen MR) is 120 cm³/mol. The van der Waals surface area contributed by atoms with Crippen LogP contribution in [0.3, 0.4) is 0 Å². The molecule has 0 amide bonds. The maximum absolute atomic E-state index is 13.8. The third kappa shape index (κ3) is 6.61. The monoisotopic (exact) mass is 442 g/mol. The zero-order chi connectivity index (χ0) is 22.8. The summed E-state index contributed by atoms with van der Waals surface area (Å²) >= 11 is 0. The topological polar surface area (TPSA) is 90.7 Å². The second-order valence-electron chi connectivity index (χ2n) is 6.89. The number of rotatable bonds is 13. The minimum absolute atomic E-state index is 0.172. The van der Waals surface area contributed by atoms with Crippen molar-refractivity contribution in [2.24, 2.45) is 0 Å². The number of nitrogens with one attached hydrogen (secondary N) is 1. The van der Waals surface area contributed by atoms with Crippen LogP contribution in [0.25, 0.3) is 17.1 Å². The first kappa shape index (κ1) is 23.4. The van der Waals surface area contributed by atoms with Crippen molar-refractivity contribution in [2.45, 2.75) is 6.10 Å². The van der Waals surface area contributed by atoms with E-state index >= 15 is 0 Å². The molecular formula is C23H27FN4O4. The van der Waals surface area contributed by atoms with Crippen LogP contribution >= 0.6 is 0 Å². The van der Waals surface area contributed by atoms with Crippen LogP contribution < -0.4 is 10.1 Å². The Bertz CT molecular complexity index is 994. The molecule has 1 unspecified atom stereocenters. The highest BCUT2D eigenvalue weighted by molar-refractivity contribution is 5.59. The molecular weight excluding hydrogens is 415 g/mol. The maximum atomic E-state index is 13.8. The minimum Gasteiger partial charge on any atom is -0.460 e. The van der Waals surface area contributed by atoms with Gasteiger partial charge in [-0.2, -0.15) is 4.98 Å². The molecule has 0 fully saturated rings. The highest BCUT2D eigenvalue weighted by atomic mass is 19.1. The molecule has 1 aromatic heterocycles. The number of nitrogens with zero attached hydrogens (tertiary/aromatic N) is 3. The summed E-state index contributed by atoms with van der Waals surface area (Å²) in [6.45, 7) is 5.22. The molecule has 9 heteroatoms. The zero-order valence-electron chi connectivity index (χ0n) is 17.9. The van der Waals surface area contributed by atoms with Crippen LogP contribution in [0.2, 0.25) is 0 Å². The quantitative estimate of drug-likeness (QED) is 0.311. The van der Waals surface area contributed by atoms with Crippen molar-refractivity contribution < 1.29 is 23.7 Å². The van der Waals surface area contributed by atoms with E-state index < -0.39 is 6.10 Å². The van der Waals surface area contributed by atoms with Gasteiger partial charge in [0.25, 0.3) is 0 Å². The largest absolute Gasteiger partial charge is 0.460 e. The van der Waals surface area contributed by atoms with Crippen LogP contribution in [0.1, 0.15) is 0 Å². The lowest BCUT2D eigenvalue weighted by Gasteiger charge is -2.13. The Morgan fingerprint density at radius 3 is 2.75 bits per heavy atom. The first-order chi connectivity index (χ1) is 15.6. The van der Waals surface area contributed by atoms with Gasteiger partial charge in [-0.15, -0.1) is 11.7 Å². The van der Waals surface area contributed by atoms with Gasteiger partial charge in [0.15, 0.2) is 5.82 Å². The first-order valence-corrected chi connectivity index (χ1v) is 10.2. The van der Waals surface area contributed by atoms with Crippen LogP contribution in [-0.4, -0.2) is 66.1 Å². The average molecular weight is 442 g/mol. The molecule has 0 aliphatic rings. The molecule has 0 saturated carbocycles. The Hall–Kier alpha value is -3.27. The van der Waals surface area contributed by atoms with E-state index in [4.69, 9.17) is 14.2 Å². The molecule has 3 aromatic rings. The molecule has 2 N–H and O–H groups in total. The van der Waals surface area contributed by atoms with E-state index in [1.54, 1.807) is 30.0 Å². The number of halogens is 1. The highest BCUT2D eigenvalue weighted by Gasteiger charge is 2.15. The van der Waals surface area contributed by atoms with Gasteiger partial charge < -0.3 is 24.6 Å². The number of hydrogen-bond acceptors (Lipinski definition) is 7. The smallest absolute Gasteiger partial charge is 0.336 e. The molecule has 0 bridgehead atoms. The summed E-state index contributed by atoms with van der Waals surface area (Å²) in [6, 6.07) is 13.7. The van der Waals surface area contributed by atoms with E-state index in [0.29, 0.717) is 37.8 Å². The van der Waals surface area contributed by atoms with Gasteiger partial charge in [0.2, 0.25) is 0 Å². The Balaban J connectivity index is 1.76. The van der Waals surface area contributed by atoms with Crippen molar-refractivity contribution in [3.63, 3.8) is 0 Å². The fourth-order valence-corrected chi connectivity index (χ4v) is 2.87. The molecule has 0 spiro atoms. The standard InChI is InChI=1S/C23H27FN4O4/c1-3-11-31-16-21(29)15-25-19-7-9-20(10-8-19)28-22(17-5-4-6-18(24)14-17)26-23(27-28)32-13-12-30-2/h3-10,14,21,25,29H,1,11-13,15-16H2,2H3. The molecule has 0 radical (unpaired) electrons. The van der Waals surface area contributed by atoms with Gasteiger partial charge in [-0.25, -0.2) is 9.07 Å². The molecule has 170 valence electrons. The average Bonchev–Trinajstić information content (AvgIpc) is 3.23. The van der Waals surface area contributed by atoms with Gasteiger partial charge in [0.1, 0.15) is 12.4 Å². The zero-order valence-corrected chi connectivity index (χ0v) is 17.9. The Morgan fingerprint density at radius 2 is 2.03 bits per heavy atom. The van der Waals surface area contributed by atoms with Crippen molar-refractivity contribution in [2.75, 3.05) is 45.4 Å². The van der Waals surface area contributed by atoms with Crippen molar-refractivity contribution in [1.29, 1.82) is 0 Å². The molecule has 3 rings (SSSR count). The number of hydrogen-bond donors (Lipinski definition) is 2. The molecule has 32 heavy (non-hydrogen) atoms. The number of methoxy groups -OCH3 is 1. The van der Waals surface area contributed by atoms with E-state index in [0.717, 1.165) is 11.4 Å². The second kappa shape index (κ2) is 11.9. The number of benzene rings is 2. The van der Waals surface area contributed by atoms with E-state index in [1.807, 2.05) is 24.3 Å². The lowest BCUT2D eigenvalue weighted by Crippen LogP contribution is -2.24. The van der Waals surface area contributed by atoms with Gasteiger partial charge in [0.05, 0.1) is 31.6 Å². The molecule has 8 nitrogen and oxygen atoms in total. The lowest BCUT2D eigenvalue weighted by atomic mass is 10.2. The number of aliphatic hydroxyl groups is 1. The third-order valence-corrected chi connectivity index (χ3v) is 4.39. The van der Waals surface area contributed by atoms with E-state index in [2.05, 4.69) is 22.0 Å². The molecule has 0 aliphatic carbocycles. The van der Waals surface area contributed by atoms with Gasteiger partial charge in [-0.1, -0.05) is 18.2 Å². The van der Waals surface area contributed by atoms with Crippen molar-refractivity contribution in [3.05, 3.63) is 67.0 Å². The summed E-state index contributed by atoms with van der Waals surface area (Å²) in [6.07, 6.45) is 0.992. The maximum Gasteiger partial charge on any atom is 0.336 e. The van der Waals surface area contributed by atoms with Crippen LogP contribution in [-0.2, 0) is 9.47 Å². The number of aliphatic hydroxyl groups excluding tert-OH is 1. The lowest BCUT2D eigenvalue weighted by molar-refractivity contribution is 0.0566. The van der Waals surface area contributed by atoms with Crippen LogP contribution in [0.4, 0.5) is 10.1 Å². The second-order valence-corrected chi connectivity index (χ2v) is 6.89. The molecule has 0 aliphatic heterocycles. The summed E-state index contributed by atoms with van der Waals surface area (Å²) in [7, 11) is 1.58. The van der Waals surface area contributed by atoms with E-state index in [-0.39, 0.29) is 18.4 Å². The van der Waals surface area contributed by atoms with Gasteiger partial charge in [-0.05, 0) is 36.4 Å². The Kier molecular flexibility index (Phi) is 8.73. The van der Waals surface area contributed by atoms with Gasteiger partial charge in [0, 0.05) is 24.9 Å². The van der Waals surface area contributed by atoms with Gasteiger partial charge >= 0.3 is 6.01 Å². The predicted octanol–water partition coefficient (Wildman–Crippen LogP) is 3.07. The Morgan fingerprint density at radius 1 is 1.22 bits per heavy atom. The SMILES string of the molecule is C=CCOCC(O)CNc1ccc(-n2nc(OCCOC)nc2-c2cccc(F)c2)cc1.